The van der Waals surface area contributed by atoms with Crippen molar-refractivity contribution in [3.63, 3.8) is 0 Å². The summed E-state index contributed by atoms with van der Waals surface area (Å²) in [6.07, 6.45) is 3.51. The molecular weight excluding hydrogens is 162 g/mol. The Morgan fingerprint density at radius 1 is 1.15 bits per heavy atom. The molecule has 2 nitrogen and oxygen atoms in total. The normalized spacial score (nSPS) is 9.85. The Bertz CT molecular complexity index is 381. The lowest BCUT2D eigenvalue weighted by Gasteiger charge is -1.99. The highest BCUT2D eigenvalue weighted by atomic mass is 16.3. The molecule has 1 radical (unpaired) electrons. The summed E-state index contributed by atoms with van der Waals surface area (Å²) in [5, 5.41) is 9.03. The highest BCUT2D eigenvalue weighted by Gasteiger charge is 1.95. The maximum Gasteiger partial charge on any atom is 0.123 e. The molecule has 1 aromatic heterocycles. The van der Waals surface area contributed by atoms with Gasteiger partial charge in [0.2, 0.25) is 0 Å². The second-order valence-corrected chi connectivity index (χ2v) is 2.70. The van der Waals surface area contributed by atoms with Gasteiger partial charge in [0.15, 0.2) is 0 Å². The Hall–Kier alpha value is -1.83. The summed E-state index contributed by atoms with van der Waals surface area (Å²) in [7, 11) is 0. The average Bonchev–Trinajstić information content (AvgIpc) is 2.20. The SMILES string of the molecule is Oc1[c]cc(-c2cccnc2)cc1. The van der Waals surface area contributed by atoms with E-state index in [1.807, 2.05) is 18.2 Å². The second kappa shape index (κ2) is 3.27. The lowest BCUT2D eigenvalue weighted by atomic mass is 10.1. The molecule has 0 saturated carbocycles. The zero-order chi connectivity index (χ0) is 9.10. The number of aromatic hydroxyl groups is 1. The van der Waals surface area contributed by atoms with Crippen molar-refractivity contribution in [3.05, 3.63) is 48.8 Å². The Balaban J connectivity index is 2.42. The topological polar surface area (TPSA) is 33.1 Å². The third-order valence-electron chi connectivity index (χ3n) is 1.79. The average molecular weight is 170 g/mol. The molecule has 1 heterocycles. The van der Waals surface area contributed by atoms with Crippen LogP contribution in [-0.2, 0) is 0 Å². The van der Waals surface area contributed by atoms with Crippen LogP contribution in [0.1, 0.15) is 0 Å². The van der Waals surface area contributed by atoms with Gasteiger partial charge in [0, 0.05) is 24.0 Å². The molecule has 2 rings (SSSR count). The third kappa shape index (κ3) is 1.67. The van der Waals surface area contributed by atoms with Gasteiger partial charge < -0.3 is 5.11 Å². The van der Waals surface area contributed by atoms with Gasteiger partial charge in [-0.2, -0.15) is 0 Å². The van der Waals surface area contributed by atoms with E-state index in [-0.39, 0.29) is 5.75 Å². The van der Waals surface area contributed by atoms with E-state index in [4.69, 9.17) is 5.11 Å². The summed E-state index contributed by atoms with van der Waals surface area (Å²) >= 11 is 0. The van der Waals surface area contributed by atoms with Crippen molar-refractivity contribution >= 4 is 0 Å². The van der Waals surface area contributed by atoms with Crippen LogP contribution in [0, 0.1) is 6.07 Å². The second-order valence-electron chi connectivity index (χ2n) is 2.70. The van der Waals surface area contributed by atoms with Crippen molar-refractivity contribution < 1.29 is 5.11 Å². The number of hydrogen-bond acceptors (Lipinski definition) is 2. The highest BCUT2D eigenvalue weighted by molar-refractivity contribution is 5.62. The molecule has 0 unspecified atom stereocenters. The van der Waals surface area contributed by atoms with Crippen LogP contribution < -0.4 is 0 Å². The first-order valence-electron chi connectivity index (χ1n) is 3.97. The van der Waals surface area contributed by atoms with Crippen LogP contribution in [0.2, 0.25) is 0 Å². The number of aromatic nitrogens is 1. The number of phenolic OH excluding ortho intramolecular Hbond substituents is 1. The quantitative estimate of drug-likeness (QED) is 0.712. The molecule has 0 aliphatic heterocycles. The zero-order valence-corrected chi connectivity index (χ0v) is 6.94. The first-order valence-corrected chi connectivity index (χ1v) is 3.97. The smallest absolute Gasteiger partial charge is 0.123 e. The Labute approximate surface area is 76.5 Å². The van der Waals surface area contributed by atoms with Gasteiger partial charge in [0.1, 0.15) is 5.75 Å². The van der Waals surface area contributed by atoms with E-state index in [1.165, 1.54) is 0 Å². The fourth-order valence-electron chi connectivity index (χ4n) is 1.13. The molecule has 2 aromatic rings. The van der Waals surface area contributed by atoms with Crippen molar-refractivity contribution in [2.45, 2.75) is 0 Å². The van der Waals surface area contributed by atoms with Crippen molar-refractivity contribution in [2.75, 3.05) is 0 Å². The molecular formula is C11H8NO. The van der Waals surface area contributed by atoms with E-state index in [0.717, 1.165) is 11.1 Å². The van der Waals surface area contributed by atoms with Crippen LogP contribution >= 0.6 is 0 Å². The zero-order valence-electron chi connectivity index (χ0n) is 6.94. The number of nitrogens with zero attached hydrogens (tertiary/aromatic N) is 1. The van der Waals surface area contributed by atoms with Gasteiger partial charge in [-0.3, -0.25) is 4.98 Å². The molecule has 0 spiro atoms. The van der Waals surface area contributed by atoms with Gasteiger partial charge >= 0.3 is 0 Å². The molecule has 13 heavy (non-hydrogen) atoms. The van der Waals surface area contributed by atoms with Crippen LogP contribution in [0.5, 0.6) is 5.75 Å². The fourth-order valence-corrected chi connectivity index (χ4v) is 1.13. The lowest BCUT2D eigenvalue weighted by molar-refractivity contribution is 0.474. The molecule has 2 heteroatoms. The van der Waals surface area contributed by atoms with E-state index in [1.54, 1.807) is 24.5 Å². The van der Waals surface area contributed by atoms with Crippen molar-refractivity contribution in [3.8, 4) is 16.9 Å². The van der Waals surface area contributed by atoms with Crippen LogP contribution in [0.4, 0.5) is 0 Å². The van der Waals surface area contributed by atoms with E-state index in [9.17, 15) is 0 Å². The molecule has 0 atom stereocenters. The van der Waals surface area contributed by atoms with Crippen LogP contribution in [0.3, 0.4) is 0 Å². The number of phenols is 1. The first-order chi connectivity index (χ1) is 6.36. The summed E-state index contributed by atoms with van der Waals surface area (Å²) in [5.41, 5.74) is 2.03. The summed E-state index contributed by atoms with van der Waals surface area (Å²) in [4.78, 5) is 4.01. The molecule has 0 saturated heterocycles. The largest absolute Gasteiger partial charge is 0.507 e. The van der Waals surface area contributed by atoms with Crippen molar-refractivity contribution in [1.82, 2.24) is 4.98 Å². The van der Waals surface area contributed by atoms with Gasteiger partial charge in [-0.25, -0.2) is 0 Å². The molecule has 0 amide bonds. The highest BCUT2D eigenvalue weighted by Crippen LogP contribution is 2.19. The minimum Gasteiger partial charge on any atom is -0.507 e. The molecule has 0 aliphatic rings. The fraction of sp³-hybridized carbons (Fsp3) is 0. The maximum atomic E-state index is 9.03. The van der Waals surface area contributed by atoms with Gasteiger partial charge in [0.25, 0.3) is 0 Å². The molecule has 0 fully saturated rings. The van der Waals surface area contributed by atoms with E-state index >= 15 is 0 Å². The van der Waals surface area contributed by atoms with Crippen LogP contribution in [0.15, 0.2) is 42.7 Å². The van der Waals surface area contributed by atoms with Gasteiger partial charge in [0.05, 0.1) is 0 Å². The van der Waals surface area contributed by atoms with Crippen molar-refractivity contribution in [2.24, 2.45) is 0 Å². The Morgan fingerprint density at radius 3 is 2.69 bits per heavy atom. The summed E-state index contributed by atoms with van der Waals surface area (Å²) in [6.45, 7) is 0. The molecule has 0 bridgehead atoms. The minimum absolute atomic E-state index is 0.160. The van der Waals surface area contributed by atoms with Gasteiger partial charge in [-0.1, -0.05) is 12.1 Å². The number of hydrogen-bond donors (Lipinski definition) is 1. The van der Waals surface area contributed by atoms with E-state index in [0.29, 0.717) is 0 Å². The number of pyridine rings is 1. The number of rotatable bonds is 1. The van der Waals surface area contributed by atoms with Gasteiger partial charge in [-0.05, 0) is 23.8 Å². The molecule has 1 aromatic carbocycles. The van der Waals surface area contributed by atoms with Crippen LogP contribution in [-0.4, -0.2) is 10.1 Å². The molecule has 1 N–H and O–H groups in total. The summed E-state index contributed by atoms with van der Waals surface area (Å²) in [5.74, 6) is 0.160. The Kier molecular flexibility index (Phi) is 1.96. The monoisotopic (exact) mass is 170 g/mol. The first kappa shape index (κ1) is 7.80. The molecule has 63 valence electrons. The number of benzene rings is 1. The third-order valence-corrected chi connectivity index (χ3v) is 1.79. The lowest BCUT2D eigenvalue weighted by Crippen LogP contribution is -1.77. The summed E-state index contributed by atoms with van der Waals surface area (Å²) < 4.78 is 0. The van der Waals surface area contributed by atoms with Crippen LogP contribution in [0.25, 0.3) is 11.1 Å². The Morgan fingerprint density at radius 2 is 2.08 bits per heavy atom. The summed E-state index contributed by atoms with van der Waals surface area (Å²) in [6, 6.07) is 11.8. The van der Waals surface area contributed by atoms with E-state index in [2.05, 4.69) is 11.1 Å². The molecule has 0 aliphatic carbocycles. The van der Waals surface area contributed by atoms with Gasteiger partial charge in [-0.15, -0.1) is 0 Å². The van der Waals surface area contributed by atoms with E-state index < -0.39 is 0 Å². The predicted octanol–water partition coefficient (Wildman–Crippen LogP) is 2.25. The minimum atomic E-state index is 0.160. The predicted molar refractivity (Wildman–Crippen MR) is 50.2 cm³/mol. The maximum absolute atomic E-state index is 9.03. The van der Waals surface area contributed by atoms with Crippen molar-refractivity contribution in [1.29, 1.82) is 0 Å². The standard InChI is InChI=1S/C11H8NO/c13-11-5-3-9(4-6-11)10-2-1-7-12-8-10/h1-5,7-8,13H.